The molecular formula is C17H25FN2O3. The number of carbonyl (C=O) groups is 2. The number of benzene rings is 1. The lowest BCUT2D eigenvalue weighted by Gasteiger charge is -2.18. The van der Waals surface area contributed by atoms with Crippen LogP contribution in [0.3, 0.4) is 0 Å². The van der Waals surface area contributed by atoms with Crippen LogP contribution < -0.4 is 10.6 Å². The molecule has 0 bridgehead atoms. The Labute approximate surface area is 136 Å². The number of hydrogen-bond acceptors (Lipinski definition) is 3. The van der Waals surface area contributed by atoms with Gasteiger partial charge in [-0.2, -0.15) is 0 Å². The number of hydrogen-bond donors (Lipinski definition) is 3. The molecule has 6 heteroatoms. The van der Waals surface area contributed by atoms with Gasteiger partial charge < -0.3 is 15.7 Å². The van der Waals surface area contributed by atoms with Gasteiger partial charge in [-0.15, -0.1) is 0 Å². The predicted octanol–water partition coefficient (Wildman–Crippen LogP) is 2.56. The highest BCUT2D eigenvalue weighted by molar-refractivity contribution is 5.98. The maximum atomic E-state index is 13.9. The van der Waals surface area contributed by atoms with Crippen molar-refractivity contribution in [3.05, 3.63) is 29.6 Å². The first-order chi connectivity index (χ1) is 10.6. The predicted molar refractivity (Wildman–Crippen MR) is 87.7 cm³/mol. The number of amides is 2. The van der Waals surface area contributed by atoms with E-state index in [1.807, 2.05) is 6.92 Å². The van der Waals surface area contributed by atoms with E-state index < -0.39 is 17.1 Å². The van der Waals surface area contributed by atoms with E-state index in [-0.39, 0.29) is 24.0 Å². The molecule has 0 heterocycles. The first kappa shape index (κ1) is 19.1. The lowest BCUT2D eigenvalue weighted by molar-refractivity contribution is -0.123. The summed E-state index contributed by atoms with van der Waals surface area (Å²) in [7, 11) is 0. The smallest absolute Gasteiger partial charge is 0.254 e. The SMILES string of the molecule is CC(CCO)CNC(=O)c1cc(NC(=O)C(C)(C)C)ccc1F. The van der Waals surface area contributed by atoms with E-state index in [2.05, 4.69) is 10.6 Å². The van der Waals surface area contributed by atoms with Crippen LogP contribution in [0.5, 0.6) is 0 Å². The Morgan fingerprint density at radius 1 is 1.30 bits per heavy atom. The molecule has 0 aliphatic rings. The minimum Gasteiger partial charge on any atom is -0.396 e. The van der Waals surface area contributed by atoms with E-state index in [0.717, 1.165) is 6.07 Å². The second-order valence-corrected chi connectivity index (χ2v) is 6.73. The third kappa shape index (κ3) is 5.98. The number of nitrogens with one attached hydrogen (secondary N) is 2. The Morgan fingerprint density at radius 3 is 2.52 bits per heavy atom. The summed E-state index contributed by atoms with van der Waals surface area (Å²) in [4.78, 5) is 24.0. The van der Waals surface area contributed by atoms with Gasteiger partial charge in [-0.25, -0.2) is 4.39 Å². The van der Waals surface area contributed by atoms with E-state index in [4.69, 9.17) is 5.11 Å². The van der Waals surface area contributed by atoms with Crippen LogP contribution in [0, 0.1) is 17.2 Å². The highest BCUT2D eigenvalue weighted by Crippen LogP contribution is 2.19. The number of halogens is 1. The quantitative estimate of drug-likeness (QED) is 0.752. The third-order valence-corrected chi connectivity index (χ3v) is 3.38. The Bertz CT molecular complexity index is 567. The van der Waals surface area contributed by atoms with E-state index in [0.29, 0.717) is 18.7 Å². The van der Waals surface area contributed by atoms with Gasteiger partial charge in [0.1, 0.15) is 5.82 Å². The summed E-state index contributed by atoms with van der Waals surface area (Å²) in [5.41, 5.74) is -0.330. The molecule has 0 fully saturated rings. The molecule has 1 aromatic rings. The molecule has 0 spiro atoms. The van der Waals surface area contributed by atoms with Gasteiger partial charge in [0, 0.05) is 24.3 Å². The molecule has 5 nitrogen and oxygen atoms in total. The van der Waals surface area contributed by atoms with Crippen LogP contribution in [0.1, 0.15) is 44.5 Å². The zero-order chi connectivity index (χ0) is 17.6. The van der Waals surface area contributed by atoms with E-state index in [9.17, 15) is 14.0 Å². The van der Waals surface area contributed by atoms with E-state index >= 15 is 0 Å². The van der Waals surface area contributed by atoms with Crippen molar-refractivity contribution in [3.63, 3.8) is 0 Å². The molecule has 1 atom stereocenters. The molecule has 1 aromatic carbocycles. The molecule has 0 saturated carbocycles. The fourth-order valence-electron chi connectivity index (χ4n) is 1.78. The van der Waals surface area contributed by atoms with Gasteiger partial charge in [0.2, 0.25) is 5.91 Å². The minimum atomic E-state index is -0.647. The fourth-order valence-corrected chi connectivity index (χ4v) is 1.78. The monoisotopic (exact) mass is 324 g/mol. The Morgan fingerprint density at radius 2 is 1.96 bits per heavy atom. The molecule has 23 heavy (non-hydrogen) atoms. The summed E-state index contributed by atoms with van der Waals surface area (Å²) in [6.45, 7) is 7.57. The van der Waals surface area contributed by atoms with Gasteiger partial charge in [-0.05, 0) is 30.5 Å². The topological polar surface area (TPSA) is 78.4 Å². The lowest BCUT2D eigenvalue weighted by atomic mass is 9.95. The molecule has 0 aliphatic heterocycles. The number of aliphatic hydroxyl groups is 1. The van der Waals surface area contributed by atoms with Gasteiger partial charge in [0.15, 0.2) is 0 Å². The summed E-state index contributed by atoms with van der Waals surface area (Å²) in [5.74, 6) is -1.31. The molecule has 0 saturated heterocycles. The van der Waals surface area contributed by atoms with Crippen molar-refractivity contribution in [1.29, 1.82) is 0 Å². The second kappa shape index (κ2) is 8.06. The molecule has 128 valence electrons. The third-order valence-electron chi connectivity index (χ3n) is 3.38. The van der Waals surface area contributed by atoms with Crippen LogP contribution in [0.4, 0.5) is 10.1 Å². The summed E-state index contributed by atoms with van der Waals surface area (Å²) in [6, 6.07) is 3.90. The highest BCUT2D eigenvalue weighted by atomic mass is 19.1. The molecule has 1 unspecified atom stereocenters. The zero-order valence-corrected chi connectivity index (χ0v) is 14.1. The summed E-state index contributed by atoms with van der Waals surface area (Å²) in [6.07, 6.45) is 0.560. The highest BCUT2D eigenvalue weighted by Gasteiger charge is 2.22. The van der Waals surface area contributed by atoms with Crippen molar-refractivity contribution in [2.75, 3.05) is 18.5 Å². The number of anilines is 1. The fraction of sp³-hybridized carbons (Fsp3) is 0.529. The van der Waals surface area contributed by atoms with Crippen molar-refractivity contribution in [3.8, 4) is 0 Å². The first-order valence-electron chi connectivity index (χ1n) is 7.65. The largest absolute Gasteiger partial charge is 0.396 e. The van der Waals surface area contributed by atoms with Crippen molar-refractivity contribution >= 4 is 17.5 Å². The van der Waals surface area contributed by atoms with Crippen LogP contribution in [-0.2, 0) is 4.79 Å². The molecule has 2 amide bonds. The van der Waals surface area contributed by atoms with Crippen LogP contribution in [0.2, 0.25) is 0 Å². The Kier molecular flexibility index (Phi) is 6.69. The number of rotatable bonds is 6. The van der Waals surface area contributed by atoms with Gasteiger partial charge in [-0.3, -0.25) is 9.59 Å². The van der Waals surface area contributed by atoms with E-state index in [1.165, 1.54) is 12.1 Å². The zero-order valence-electron chi connectivity index (χ0n) is 14.1. The molecule has 0 aromatic heterocycles. The van der Waals surface area contributed by atoms with Crippen molar-refractivity contribution < 1.29 is 19.1 Å². The standard InChI is InChI=1S/C17H25FN2O3/c1-11(7-8-21)10-19-15(22)13-9-12(5-6-14(13)18)20-16(23)17(2,3)4/h5-6,9,11,21H,7-8,10H2,1-4H3,(H,19,22)(H,20,23). The van der Waals surface area contributed by atoms with Crippen LogP contribution >= 0.6 is 0 Å². The normalized spacial score (nSPS) is 12.6. The van der Waals surface area contributed by atoms with Crippen molar-refractivity contribution in [2.45, 2.75) is 34.1 Å². The van der Waals surface area contributed by atoms with Crippen LogP contribution in [0.15, 0.2) is 18.2 Å². The minimum absolute atomic E-state index is 0.0414. The number of carbonyl (C=O) groups excluding carboxylic acids is 2. The van der Waals surface area contributed by atoms with Crippen molar-refractivity contribution in [2.24, 2.45) is 11.3 Å². The van der Waals surface area contributed by atoms with Crippen LogP contribution in [0.25, 0.3) is 0 Å². The van der Waals surface area contributed by atoms with E-state index in [1.54, 1.807) is 20.8 Å². The maximum absolute atomic E-state index is 13.9. The Hall–Kier alpha value is -1.95. The molecule has 3 N–H and O–H groups in total. The van der Waals surface area contributed by atoms with Gasteiger partial charge in [0.05, 0.1) is 5.56 Å². The van der Waals surface area contributed by atoms with Crippen LogP contribution in [-0.4, -0.2) is 30.1 Å². The molecular weight excluding hydrogens is 299 g/mol. The molecule has 1 rings (SSSR count). The number of aliphatic hydroxyl groups excluding tert-OH is 1. The molecule has 0 aliphatic carbocycles. The van der Waals surface area contributed by atoms with Crippen molar-refractivity contribution in [1.82, 2.24) is 5.32 Å². The Balaban J connectivity index is 2.81. The average molecular weight is 324 g/mol. The first-order valence-corrected chi connectivity index (χ1v) is 7.65. The molecule has 0 radical (unpaired) electrons. The van der Waals surface area contributed by atoms with Gasteiger partial charge in [0.25, 0.3) is 5.91 Å². The second-order valence-electron chi connectivity index (χ2n) is 6.73. The van der Waals surface area contributed by atoms with Gasteiger partial charge >= 0.3 is 0 Å². The lowest BCUT2D eigenvalue weighted by Crippen LogP contribution is -2.30. The summed E-state index contributed by atoms with van der Waals surface area (Å²) >= 11 is 0. The summed E-state index contributed by atoms with van der Waals surface area (Å²) < 4.78 is 13.9. The maximum Gasteiger partial charge on any atom is 0.254 e. The average Bonchev–Trinajstić information content (AvgIpc) is 2.46. The summed E-state index contributed by atoms with van der Waals surface area (Å²) in [5, 5.41) is 14.1. The van der Waals surface area contributed by atoms with Gasteiger partial charge in [-0.1, -0.05) is 27.7 Å².